The number of imide groups is 1. The number of nitrogens with one attached hydrogen (secondary N) is 1. The van der Waals surface area contributed by atoms with Crippen LogP contribution in [0.2, 0.25) is 0 Å². The van der Waals surface area contributed by atoms with Crippen molar-refractivity contribution in [1.29, 1.82) is 0 Å². The van der Waals surface area contributed by atoms with E-state index in [2.05, 4.69) is 5.32 Å². The number of carbonyl (C=O) groups excluding carboxylic acids is 2. The van der Waals surface area contributed by atoms with Gasteiger partial charge in [-0.25, -0.2) is 14.5 Å². The Labute approximate surface area is 209 Å². The highest BCUT2D eigenvalue weighted by Crippen LogP contribution is 2.41. The Balaban J connectivity index is 1.76. The van der Waals surface area contributed by atoms with Crippen LogP contribution in [0.1, 0.15) is 30.5 Å². The predicted octanol–water partition coefficient (Wildman–Crippen LogP) is 5.67. The van der Waals surface area contributed by atoms with Crippen molar-refractivity contribution in [2.24, 2.45) is 0 Å². The van der Waals surface area contributed by atoms with Gasteiger partial charge in [-0.2, -0.15) is 0 Å². The van der Waals surface area contributed by atoms with Crippen molar-refractivity contribution in [2.75, 3.05) is 23.4 Å². The summed E-state index contributed by atoms with van der Waals surface area (Å²) in [5.41, 5.74) is 4.32. The van der Waals surface area contributed by atoms with Gasteiger partial charge in [0.25, 0.3) is 5.91 Å². The van der Waals surface area contributed by atoms with Gasteiger partial charge >= 0.3 is 12.2 Å². The first kappa shape index (κ1) is 24.5. The lowest BCUT2D eigenvalue weighted by molar-refractivity contribution is -0.112. The molecule has 4 rings (SSSR count). The summed E-state index contributed by atoms with van der Waals surface area (Å²) in [4.78, 5) is 40.0. The Morgan fingerprint density at radius 2 is 1.61 bits per heavy atom. The summed E-state index contributed by atoms with van der Waals surface area (Å²) >= 11 is 0. The van der Waals surface area contributed by atoms with E-state index in [1.807, 2.05) is 60.7 Å². The molecule has 2 N–H and O–H groups in total. The minimum absolute atomic E-state index is 0.150. The Kier molecular flexibility index (Phi) is 7.34. The molecule has 3 amide bonds. The molecule has 3 aromatic carbocycles. The van der Waals surface area contributed by atoms with Crippen molar-refractivity contribution in [3.63, 3.8) is 0 Å². The van der Waals surface area contributed by atoms with Crippen molar-refractivity contribution < 1.29 is 24.2 Å². The zero-order chi connectivity index (χ0) is 25.7. The molecule has 0 aromatic heterocycles. The number of hydrogen-bond acceptors (Lipinski definition) is 5. The highest BCUT2D eigenvalue weighted by atomic mass is 16.6. The van der Waals surface area contributed by atoms with Crippen LogP contribution in [-0.2, 0) is 16.1 Å². The average molecular weight is 486 g/mol. The zero-order valence-electron chi connectivity index (χ0n) is 20.1. The van der Waals surface area contributed by atoms with Gasteiger partial charge in [0, 0.05) is 24.3 Å². The van der Waals surface area contributed by atoms with Crippen LogP contribution >= 0.6 is 0 Å². The molecule has 1 heterocycles. The van der Waals surface area contributed by atoms with Crippen LogP contribution < -0.4 is 10.2 Å². The molecule has 0 radical (unpaired) electrons. The summed E-state index contributed by atoms with van der Waals surface area (Å²) in [6.45, 7) is 4.30. The highest BCUT2D eigenvalue weighted by molar-refractivity contribution is 6.43. The van der Waals surface area contributed by atoms with Crippen LogP contribution in [0.15, 0.2) is 78.9 Å². The molecule has 8 nitrogen and oxygen atoms in total. The maximum atomic E-state index is 13.6. The molecule has 0 atom stereocenters. The van der Waals surface area contributed by atoms with E-state index in [-0.39, 0.29) is 13.2 Å². The third-order valence-corrected chi connectivity index (χ3v) is 5.84. The lowest BCUT2D eigenvalue weighted by atomic mass is 10.00. The van der Waals surface area contributed by atoms with Crippen molar-refractivity contribution in [3.05, 3.63) is 95.6 Å². The van der Waals surface area contributed by atoms with Crippen LogP contribution in [0, 0.1) is 0 Å². The third kappa shape index (κ3) is 4.93. The van der Waals surface area contributed by atoms with E-state index in [1.165, 1.54) is 4.90 Å². The lowest BCUT2D eigenvalue weighted by Crippen LogP contribution is -2.34. The number of carbonyl (C=O) groups is 3. The summed E-state index contributed by atoms with van der Waals surface area (Å²) < 4.78 is 5.15. The quantitative estimate of drug-likeness (QED) is 0.419. The molecule has 0 spiro atoms. The molecular weight excluding hydrogens is 458 g/mol. The number of amides is 3. The minimum Gasteiger partial charge on any atom is -0.465 e. The van der Waals surface area contributed by atoms with Gasteiger partial charge in [-0.15, -0.1) is 0 Å². The molecule has 1 aliphatic rings. The number of nitrogens with zero attached hydrogens (tertiary/aromatic N) is 2. The second-order valence-electron chi connectivity index (χ2n) is 8.09. The van der Waals surface area contributed by atoms with Gasteiger partial charge in [0.2, 0.25) is 0 Å². The number of hydrogen-bond donors (Lipinski definition) is 2. The van der Waals surface area contributed by atoms with Gasteiger partial charge in [0.1, 0.15) is 0 Å². The maximum Gasteiger partial charge on any atom is 0.421 e. The van der Waals surface area contributed by atoms with Crippen LogP contribution in [0.3, 0.4) is 0 Å². The van der Waals surface area contributed by atoms with Gasteiger partial charge in [0.15, 0.2) is 0 Å². The van der Waals surface area contributed by atoms with Crippen molar-refractivity contribution in [1.82, 2.24) is 4.90 Å². The third-order valence-electron chi connectivity index (χ3n) is 5.84. The first-order valence-corrected chi connectivity index (χ1v) is 11.7. The van der Waals surface area contributed by atoms with Gasteiger partial charge < -0.3 is 20.1 Å². The molecule has 36 heavy (non-hydrogen) atoms. The monoisotopic (exact) mass is 485 g/mol. The zero-order valence-corrected chi connectivity index (χ0v) is 20.1. The predicted molar refractivity (Wildman–Crippen MR) is 138 cm³/mol. The second-order valence-corrected chi connectivity index (χ2v) is 8.09. The van der Waals surface area contributed by atoms with E-state index in [4.69, 9.17) is 4.74 Å². The summed E-state index contributed by atoms with van der Waals surface area (Å²) in [6, 6.07) is 23.9. The van der Waals surface area contributed by atoms with Crippen molar-refractivity contribution in [2.45, 2.75) is 20.4 Å². The molecule has 184 valence electrons. The Morgan fingerprint density at radius 3 is 2.25 bits per heavy atom. The number of fused-ring (bicyclic) bond motifs is 1. The van der Waals surface area contributed by atoms with Gasteiger partial charge in [0.05, 0.1) is 23.6 Å². The molecule has 0 aliphatic carbocycles. The van der Waals surface area contributed by atoms with Crippen LogP contribution in [-0.4, -0.2) is 41.3 Å². The van der Waals surface area contributed by atoms with Crippen LogP contribution in [0.4, 0.5) is 21.0 Å². The van der Waals surface area contributed by atoms with Crippen LogP contribution in [0.25, 0.3) is 11.3 Å². The lowest BCUT2D eigenvalue weighted by Gasteiger charge is -2.18. The first-order valence-electron chi connectivity index (χ1n) is 11.7. The molecule has 0 fully saturated rings. The molecule has 0 saturated heterocycles. The summed E-state index contributed by atoms with van der Waals surface area (Å²) in [7, 11) is 0. The van der Waals surface area contributed by atoms with Gasteiger partial charge in [-0.1, -0.05) is 60.7 Å². The van der Waals surface area contributed by atoms with E-state index in [0.29, 0.717) is 34.8 Å². The largest absolute Gasteiger partial charge is 0.465 e. The molecule has 3 aromatic rings. The standard InChI is InChI=1S/C28H27N3O5/c1-3-30(27(33)34)18-19-14-16-21(17-15-19)29-25(20-10-6-5-7-11-20)24-22-12-8-9-13-23(22)31(26(24)32)28(35)36-4-2/h5-17,29H,3-4,18H2,1-2H3,(H,33,34)/b25-24-. The SMILES string of the molecule is CCOC(=O)N1C(=O)/C(=C(\Nc2ccc(CN(CC)C(=O)O)cc2)c2ccccc2)c2ccccc21. The summed E-state index contributed by atoms with van der Waals surface area (Å²) in [5, 5.41) is 12.7. The molecular formula is C28H27N3O5. The Bertz CT molecular complexity index is 1300. The number of carboxylic acid groups (broad SMARTS) is 1. The summed E-state index contributed by atoms with van der Waals surface area (Å²) in [5.74, 6) is -0.474. The second kappa shape index (κ2) is 10.8. The smallest absolute Gasteiger partial charge is 0.421 e. The van der Waals surface area contributed by atoms with Crippen molar-refractivity contribution >= 4 is 40.7 Å². The number of anilines is 2. The normalized spacial score (nSPS) is 13.7. The highest BCUT2D eigenvalue weighted by Gasteiger charge is 2.39. The summed E-state index contributed by atoms with van der Waals surface area (Å²) in [6.07, 6.45) is -1.69. The fourth-order valence-corrected chi connectivity index (χ4v) is 4.08. The van der Waals surface area contributed by atoms with Gasteiger partial charge in [-0.3, -0.25) is 4.79 Å². The topological polar surface area (TPSA) is 99.2 Å². The molecule has 0 bridgehead atoms. The molecule has 0 unspecified atom stereocenters. The molecule has 8 heteroatoms. The van der Waals surface area contributed by atoms with Gasteiger partial charge in [-0.05, 0) is 43.2 Å². The first-order chi connectivity index (χ1) is 17.4. The van der Waals surface area contributed by atoms with E-state index in [1.54, 1.807) is 32.0 Å². The molecule has 0 saturated carbocycles. The van der Waals surface area contributed by atoms with E-state index in [0.717, 1.165) is 16.0 Å². The fourth-order valence-electron chi connectivity index (χ4n) is 4.08. The number of benzene rings is 3. The number of para-hydroxylation sites is 1. The Morgan fingerprint density at radius 1 is 0.944 bits per heavy atom. The van der Waals surface area contributed by atoms with E-state index >= 15 is 0 Å². The maximum absolute atomic E-state index is 13.6. The van der Waals surface area contributed by atoms with Crippen molar-refractivity contribution in [3.8, 4) is 0 Å². The average Bonchev–Trinajstić information content (AvgIpc) is 3.18. The van der Waals surface area contributed by atoms with E-state index < -0.39 is 18.1 Å². The fraction of sp³-hybridized carbons (Fsp3) is 0.179. The van der Waals surface area contributed by atoms with E-state index in [9.17, 15) is 19.5 Å². The molecule has 1 aliphatic heterocycles. The minimum atomic E-state index is -0.972. The number of ether oxygens (including phenoxy) is 1. The Hall–Kier alpha value is -4.59. The van der Waals surface area contributed by atoms with Crippen LogP contribution in [0.5, 0.6) is 0 Å². The number of rotatable bonds is 7.